The molecule has 1 atom stereocenters. The molecule has 2 aromatic rings. The van der Waals surface area contributed by atoms with Crippen molar-refractivity contribution in [2.75, 3.05) is 7.11 Å². The van der Waals surface area contributed by atoms with E-state index in [-0.39, 0.29) is 5.75 Å². The molecule has 0 radical (unpaired) electrons. The molecule has 0 amide bonds. The second-order valence-electron chi connectivity index (χ2n) is 3.87. The summed E-state index contributed by atoms with van der Waals surface area (Å²) in [4.78, 5) is 0. The van der Waals surface area contributed by atoms with Gasteiger partial charge in [-0.05, 0) is 33.6 Å². The highest BCUT2D eigenvalue weighted by Crippen LogP contribution is 2.28. The van der Waals surface area contributed by atoms with Gasteiger partial charge in [-0.3, -0.25) is 4.68 Å². The standard InChI is InChI=1S/C12H13BrFN3O/c1-17-12(8(13)6-16-17)11(15)7-3-4-10(18-2)9(14)5-7/h3-6,11H,15H2,1-2H3. The number of ether oxygens (including phenoxy) is 1. The smallest absolute Gasteiger partial charge is 0.165 e. The van der Waals surface area contributed by atoms with Crippen LogP contribution in [0.4, 0.5) is 4.39 Å². The van der Waals surface area contributed by atoms with Crippen LogP contribution >= 0.6 is 15.9 Å². The molecule has 0 aliphatic heterocycles. The van der Waals surface area contributed by atoms with E-state index in [1.807, 2.05) is 0 Å². The first-order chi connectivity index (χ1) is 8.54. The number of methoxy groups -OCH3 is 1. The van der Waals surface area contributed by atoms with E-state index in [1.165, 1.54) is 13.2 Å². The highest BCUT2D eigenvalue weighted by molar-refractivity contribution is 9.10. The van der Waals surface area contributed by atoms with Gasteiger partial charge in [0, 0.05) is 7.05 Å². The minimum Gasteiger partial charge on any atom is -0.494 e. The Bertz CT molecular complexity index is 551. The van der Waals surface area contributed by atoms with Gasteiger partial charge in [0.15, 0.2) is 11.6 Å². The average Bonchev–Trinajstić information content (AvgIpc) is 2.68. The lowest BCUT2D eigenvalue weighted by Gasteiger charge is -2.14. The number of nitrogens with two attached hydrogens (primary N) is 1. The van der Waals surface area contributed by atoms with Crippen molar-refractivity contribution in [3.05, 3.63) is 45.9 Å². The molecule has 1 aromatic heterocycles. The third-order valence-electron chi connectivity index (χ3n) is 2.77. The van der Waals surface area contributed by atoms with Crippen LogP contribution in [-0.2, 0) is 7.05 Å². The number of hydrogen-bond acceptors (Lipinski definition) is 3. The first-order valence-corrected chi connectivity index (χ1v) is 6.10. The lowest BCUT2D eigenvalue weighted by Crippen LogP contribution is -2.16. The van der Waals surface area contributed by atoms with Gasteiger partial charge in [0.25, 0.3) is 0 Å². The van der Waals surface area contributed by atoms with Crippen molar-refractivity contribution in [1.82, 2.24) is 9.78 Å². The summed E-state index contributed by atoms with van der Waals surface area (Å²) in [5.41, 5.74) is 7.58. The molecule has 6 heteroatoms. The molecule has 1 unspecified atom stereocenters. The SMILES string of the molecule is COc1ccc(C(N)c2c(Br)cnn2C)cc1F. The van der Waals surface area contributed by atoms with Gasteiger partial charge in [-0.2, -0.15) is 5.10 Å². The third kappa shape index (κ3) is 2.26. The summed E-state index contributed by atoms with van der Waals surface area (Å²) in [6, 6.07) is 4.23. The second-order valence-corrected chi connectivity index (χ2v) is 4.73. The van der Waals surface area contributed by atoms with E-state index < -0.39 is 11.9 Å². The quantitative estimate of drug-likeness (QED) is 0.946. The molecule has 0 aliphatic carbocycles. The maximum absolute atomic E-state index is 13.6. The van der Waals surface area contributed by atoms with Crippen LogP contribution in [0.1, 0.15) is 17.3 Å². The minimum atomic E-state index is -0.452. The van der Waals surface area contributed by atoms with Crippen molar-refractivity contribution in [1.29, 1.82) is 0 Å². The number of aryl methyl sites for hydroxylation is 1. The molecule has 0 fully saturated rings. The van der Waals surface area contributed by atoms with E-state index >= 15 is 0 Å². The monoisotopic (exact) mass is 313 g/mol. The first-order valence-electron chi connectivity index (χ1n) is 5.31. The predicted molar refractivity (Wildman–Crippen MR) is 69.9 cm³/mol. The maximum atomic E-state index is 13.6. The second kappa shape index (κ2) is 5.07. The van der Waals surface area contributed by atoms with E-state index in [4.69, 9.17) is 10.5 Å². The topological polar surface area (TPSA) is 53.1 Å². The Morgan fingerprint density at radius 3 is 2.72 bits per heavy atom. The summed E-state index contributed by atoms with van der Waals surface area (Å²) >= 11 is 3.38. The molecule has 96 valence electrons. The van der Waals surface area contributed by atoms with E-state index in [9.17, 15) is 4.39 Å². The van der Waals surface area contributed by atoms with E-state index in [1.54, 1.807) is 30.1 Å². The van der Waals surface area contributed by atoms with Crippen molar-refractivity contribution in [3.63, 3.8) is 0 Å². The predicted octanol–water partition coefficient (Wildman–Crippen LogP) is 2.38. The molecule has 0 saturated heterocycles. The summed E-state index contributed by atoms with van der Waals surface area (Å²) in [6.07, 6.45) is 1.66. The molecular weight excluding hydrogens is 301 g/mol. The molecule has 4 nitrogen and oxygen atoms in total. The van der Waals surface area contributed by atoms with Crippen molar-refractivity contribution < 1.29 is 9.13 Å². The number of nitrogens with zero attached hydrogens (tertiary/aromatic N) is 2. The van der Waals surface area contributed by atoms with Crippen molar-refractivity contribution in [2.24, 2.45) is 12.8 Å². The van der Waals surface area contributed by atoms with Crippen molar-refractivity contribution in [3.8, 4) is 5.75 Å². The van der Waals surface area contributed by atoms with Crippen LogP contribution < -0.4 is 10.5 Å². The maximum Gasteiger partial charge on any atom is 0.165 e. The molecule has 18 heavy (non-hydrogen) atoms. The van der Waals surface area contributed by atoms with Crippen LogP contribution in [0.25, 0.3) is 0 Å². The molecule has 0 aliphatic rings. The largest absolute Gasteiger partial charge is 0.494 e. The molecule has 0 bridgehead atoms. The number of aromatic nitrogens is 2. The van der Waals surface area contributed by atoms with Crippen LogP contribution in [0.2, 0.25) is 0 Å². The van der Waals surface area contributed by atoms with Crippen LogP contribution in [-0.4, -0.2) is 16.9 Å². The number of halogens is 2. The Labute approximate surface area is 113 Å². The average molecular weight is 314 g/mol. The Kier molecular flexibility index (Phi) is 3.68. The highest BCUT2D eigenvalue weighted by atomic mass is 79.9. The fourth-order valence-corrected chi connectivity index (χ4v) is 2.40. The van der Waals surface area contributed by atoms with Crippen LogP contribution in [0, 0.1) is 5.82 Å². The Hall–Kier alpha value is -1.40. The number of benzene rings is 1. The molecule has 0 spiro atoms. The Morgan fingerprint density at radius 2 is 2.22 bits per heavy atom. The zero-order valence-electron chi connectivity index (χ0n) is 10.0. The molecule has 2 rings (SSSR count). The van der Waals surface area contributed by atoms with Gasteiger partial charge in [-0.1, -0.05) is 6.07 Å². The summed E-state index contributed by atoms with van der Waals surface area (Å²) in [6.45, 7) is 0. The molecule has 1 aromatic carbocycles. The van der Waals surface area contributed by atoms with Gasteiger partial charge < -0.3 is 10.5 Å². The van der Waals surface area contributed by atoms with Crippen LogP contribution in [0.5, 0.6) is 5.75 Å². The van der Waals surface area contributed by atoms with Gasteiger partial charge in [0.05, 0.1) is 29.5 Å². The van der Waals surface area contributed by atoms with Gasteiger partial charge in [-0.15, -0.1) is 0 Å². The zero-order chi connectivity index (χ0) is 13.3. The summed E-state index contributed by atoms with van der Waals surface area (Å²) in [5, 5.41) is 4.09. The Morgan fingerprint density at radius 1 is 1.50 bits per heavy atom. The van der Waals surface area contributed by atoms with Crippen LogP contribution in [0.15, 0.2) is 28.9 Å². The Balaban J connectivity index is 2.40. The molecular formula is C12H13BrFN3O. The summed E-state index contributed by atoms with van der Waals surface area (Å²) in [7, 11) is 3.22. The zero-order valence-corrected chi connectivity index (χ0v) is 11.6. The highest BCUT2D eigenvalue weighted by Gasteiger charge is 2.18. The number of hydrogen-bond donors (Lipinski definition) is 1. The normalized spacial score (nSPS) is 12.5. The lowest BCUT2D eigenvalue weighted by molar-refractivity contribution is 0.386. The summed E-state index contributed by atoms with van der Waals surface area (Å²) < 4.78 is 21.0. The summed E-state index contributed by atoms with van der Waals surface area (Å²) in [5.74, 6) is -0.223. The minimum absolute atomic E-state index is 0.204. The van der Waals surface area contributed by atoms with E-state index in [2.05, 4.69) is 21.0 Å². The molecule has 2 N–H and O–H groups in total. The van der Waals surface area contributed by atoms with Gasteiger partial charge in [0.2, 0.25) is 0 Å². The van der Waals surface area contributed by atoms with Gasteiger partial charge in [0.1, 0.15) is 0 Å². The molecule has 1 heterocycles. The van der Waals surface area contributed by atoms with Crippen LogP contribution in [0.3, 0.4) is 0 Å². The molecule has 0 saturated carbocycles. The van der Waals surface area contributed by atoms with Crippen molar-refractivity contribution in [2.45, 2.75) is 6.04 Å². The fraction of sp³-hybridized carbons (Fsp3) is 0.250. The first kappa shape index (κ1) is 13.0. The van der Waals surface area contributed by atoms with Crippen molar-refractivity contribution >= 4 is 15.9 Å². The van der Waals surface area contributed by atoms with Gasteiger partial charge in [-0.25, -0.2) is 4.39 Å². The van der Waals surface area contributed by atoms with E-state index in [0.29, 0.717) is 5.56 Å². The third-order valence-corrected chi connectivity index (χ3v) is 3.38. The van der Waals surface area contributed by atoms with Gasteiger partial charge >= 0.3 is 0 Å². The lowest BCUT2D eigenvalue weighted by atomic mass is 10.0. The fourth-order valence-electron chi connectivity index (χ4n) is 1.80. The van der Waals surface area contributed by atoms with E-state index in [0.717, 1.165) is 10.2 Å². The number of rotatable bonds is 3.